The van der Waals surface area contributed by atoms with Gasteiger partial charge in [0, 0.05) is 11.6 Å². The number of halogens is 4. The number of hydrogen-bond acceptors (Lipinski definition) is 5. The van der Waals surface area contributed by atoms with E-state index in [0.29, 0.717) is 9.47 Å². The number of nitrogens with zero attached hydrogens (tertiary/aromatic N) is 2. The molecule has 0 aliphatic rings. The Labute approximate surface area is 159 Å². The summed E-state index contributed by atoms with van der Waals surface area (Å²) in [7, 11) is 0. The molecule has 0 aliphatic heterocycles. The van der Waals surface area contributed by atoms with E-state index in [1.165, 1.54) is 28.9 Å². The number of nitrogens with one attached hydrogen (secondary N) is 1. The summed E-state index contributed by atoms with van der Waals surface area (Å²) < 4.78 is 0.672. The van der Waals surface area contributed by atoms with Crippen molar-refractivity contribution in [3.63, 3.8) is 0 Å². The predicted molar refractivity (Wildman–Crippen MR) is 97.7 cm³/mol. The number of rotatable bonds is 3. The normalized spacial score (nSPS) is 10.8. The summed E-state index contributed by atoms with van der Waals surface area (Å²) >= 11 is 26.3. The third kappa shape index (κ3) is 3.63. The van der Waals surface area contributed by atoms with Gasteiger partial charge in [0.2, 0.25) is 0 Å². The van der Waals surface area contributed by atoms with Crippen LogP contribution >= 0.6 is 69.1 Å². The van der Waals surface area contributed by atoms with E-state index in [0.717, 1.165) is 10.6 Å². The third-order valence-electron chi connectivity index (χ3n) is 2.68. The van der Waals surface area contributed by atoms with Crippen molar-refractivity contribution >= 4 is 80.1 Å². The maximum Gasteiger partial charge on any atom is 0.277 e. The minimum absolute atomic E-state index is 0.00140. The summed E-state index contributed by atoms with van der Waals surface area (Å²) in [5.74, 6) is -0.515. The fourth-order valence-corrected chi connectivity index (χ4v) is 4.00. The molecule has 0 aliphatic carbocycles. The standard InChI is InChI=1S/C13H5Cl4N3OS2/c14-5-3-18-11(10(17)9(5)16)12(21)20-13-19-6(4-22-13)7-1-2-8(15)23-7/h1-4H,(H,19,20,21). The summed E-state index contributed by atoms with van der Waals surface area (Å²) in [5, 5.41) is 5.13. The Morgan fingerprint density at radius 2 is 1.91 bits per heavy atom. The molecule has 3 heterocycles. The molecule has 10 heteroatoms. The van der Waals surface area contributed by atoms with E-state index >= 15 is 0 Å². The van der Waals surface area contributed by atoms with Gasteiger partial charge in [0.05, 0.1) is 30.0 Å². The Bertz CT molecular complexity index is 893. The number of anilines is 1. The maximum absolute atomic E-state index is 12.2. The molecule has 118 valence electrons. The Kier molecular flexibility index (Phi) is 5.10. The number of pyridine rings is 1. The Hall–Kier alpha value is -0.890. The molecule has 0 saturated heterocycles. The first-order valence-electron chi connectivity index (χ1n) is 5.98. The molecule has 3 rings (SSSR count). The number of thiazole rings is 1. The molecule has 0 bridgehead atoms. The molecule has 0 radical (unpaired) electrons. The van der Waals surface area contributed by atoms with E-state index in [-0.39, 0.29) is 20.8 Å². The highest BCUT2D eigenvalue weighted by Gasteiger charge is 2.18. The van der Waals surface area contributed by atoms with Gasteiger partial charge in [0.25, 0.3) is 5.91 Å². The summed E-state index contributed by atoms with van der Waals surface area (Å²) in [6.07, 6.45) is 1.27. The van der Waals surface area contributed by atoms with Gasteiger partial charge in [-0.2, -0.15) is 0 Å². The molecule has 0 atom stereocenters. The summed E-state index contributed by atoms with van der Waals surface area (Å²) in [6, 6.07) is 3.66. The molecule has 0 fully saturated rings. The number of hydrogen-bond donors (Lipinski definition) is 1. The van der Waals surface area contributed by atoms with Crippen molar-refractivity contribution in [2.75, 3.05) is 5.32 Å². The summed E-state index contributed by atoms with van der Waals surface area (Å²) in [5.41, 5.74) is 0.715. The molecule has 1 amide bonds. The quantitative estimate of drug-likeness (QED) is 0.549. The second kappa shape index (κ2) is 6.93. The van der Waals surface area contributed by atoms with Crippen molar-refractivity contribution in [3.05, 3.63) is 48.8 Å². The third-order valence-corrected chi connectivity index (χ3v) is 5.93. The first kappa shape index (κ1) is 17.0. The van der Waals surface area contributed by atoms with Crippen LogP contribution in [-0.2, 0) is 0 Å². The van der Waals surface area contributed by atoms with Crippen LogP contribution in [0.1, 0.15) is 10.5 Å². The molecule has 3 aromatic heterocycles. The van der Waals surface area contributed by atoms with Gasteiger partial charge in [-0.05, 0) is 12.1 Å². The van der Waals surface area contributed by atoms with Crippen molar-refractivity contribution in [2.24, 2.45) is 0 Å². The number of amides is 1. The van der Waals surface area contributed by atoms with Crippen molar-refractivity contribution in [2.45, 2.75) is 0 Å². The lowest BCUT2D eigenvalue weighted by Crippen LogP contribution is -2.14. The number of thiophene rings is 1. The van der Waals surface area contributed by atoms with Gasteiger partial charge in [-0.25, -0.2) is 9.97 Å². The first-order chi connectivity index (χ1) is 11.0. The van der Waals surface area contributed by atoms with Crippen molar-refractivity contribution in [1.82, 2.24) is 9.97 Å². The van der Waals surface area contributed by atoms with E-state index in [9.17, 15) is 4.79 Å². The molecule has 1 N–H and O–H groups in total. The molecule has 4 nitrogen and oxygen atoms in total. The number of carbonyl (C=O) groups is 1. The Morgan fingerprint density at radius 3 is 2.61 bits per heavy atom. The zero-order chi connectivity index (χ0) is 16.6. The SMILES string of the molecule is O=C(Nc1nc(-c2ccc(Cl)s2)cs1)c1ncc(Cl)c(Cl)c1Cl. The minimum Gasteiger partial charge on any atom is -0.296 e. The topological polar surface area (TPSA) is 54.9 Å². The maximum atomic E-state index is 12.2. The van der Waals surface area contributed by atoms with Gasteiger partial charge in [-0.1, -0.05) is 46.4 Å². The van der Waals surface area contributed by atoms with Gasteiger partial charge in [-0.3, -0.25) is 10.1 Å². The van der Waals surface area contributed by atoms with Crippen LogP contribution < -0.4 is 5.32 Å². The zero-order valence-corrected chi connectivity index (χ0v) is 15.6. The van der Waals surface area contributed by atoms with Gasteiger partial charge >= 0.3 is 0 Å². The highest BCUT2D eigenvalue weighted by Crippen LogP contribution is 2.34. The smallest absolute Gasteiger partial charge is 0.277 e. The zero-order valence-electron chi connectivity index (χ0n) is 10.9. The van der Waals surface area contributed by atoms with Crippen molar-refractivity contribution < 1.29 is 4.79 Å². The van der Waals surface area contributed by atoms with Crippen LogP contribution in [-0.4, -0.2) is 15.9 Å². The van der Waals surface area contributed by atoms with E-state index < -0.39 is 5.91 Å². The van der Waals surface area contributed by atoms with E-state index in [4.69, 9.17) is 46.4 Å². The van der Waals surface area contributed by atoms with E-state index in [1.807, 2.05) is 11.4 Å². The Balaban J connectivity index is 1.81. The second-order valence-corrected chi connectivity index (χ2v) is 7.91. The van der Waals surface area contributed by atoms with Crippen LogP contribution in [0.2, 0.25) is 19.4 Å². The fourth-order valence-electron chi connectivity index (χ4n) is 1.65. The van der Waals surface area contributed by atoms with Gasteiger partial charge in [0.15, 0.2) is 5.13 Å². The largest absolute Gasteiger partial charge is 0.296 e. The lowest BCUT2D eigenvalue weighted by Gasteiger charge is -2.05. The van der Waals surface area contributed by atoms with Crippen LogP contribution in [0.3, 0.4) is 0 Å². The first-order valence-corrected chi connectivity index (χ1v) is 9.18. The summed E-state index contributed by atoms with van der Waals surface area (Å²) in [4.78, 5) is 21.4. The second-order valence-electron chi connectivity index (χ2n) is 4.18. The molecule has 3 aromatic rings. The molecule has 0 saturated carbocycles. The van der Waals surface area contributed by atoms with Crippen molar-refractivity contribution in [3.8, 4) is 10.6 Å². The van der Waals surface area contributed by atoms with Gasteiger partial charge in [0.1, 0.15) is 5.69 Å². The number of aromatic nitrogens is 2. The van der Waals surface area contributed by atoms with Crippen molar-refractivity contribution in [1.29, 1.82) is 0 Å². The van der Waals surface area contributed by atoms with Crippen LogP contribution in [0.4, 0.5) is 5.13 Å². The molecular weight excluding hydrogens is 420 g/mol. The molecular formula is C13H5Cl4N3OS2. The van der Waals surface area contributed by atoms with E-state index in [1.54, 1.807) is 6.07 Å². The Morgan fingerprint density at radius 1 is 1.13 bits per heavy atom. The minimum atomic E-state index is -0.515. The average molecular weight is 425 g/mol. The average Bonchev–Trinajstić information content (AvgIpc) is 3.13. The monoisotopic (exact) mass is 423 g/mol. The number of carbonyl (C=O) groups excluding carboxylic acids is 1. The van der Waals surface area contributed by atoms with Gasteiger partial charge < -0.3 is 0 Å². The van der Waals surface area contributed by atoms with E-state index in [2.05, 4.69) is 15.3 Å². The molecule has 0 unspecified atom stereocenters. The van der Waals surface area contributed by atoms with Crippen LogP contribution in [0, 0.1) is 0 Å². The van der Waals surface area contributed by atoms with Crippen LogP contribution in [0.15, 0.2) is 23.7 Å². The fraction of sp³-hybridized carbons (Fsp3) is 0. The van der Waals surface area contributed by atoms with Gasteiger partial charge in [-0.15, -0.1) is 22.7 Å². The van der Waals surface area contributed by atoms with Crippen LogP contribution in [0.25, 0.3) is 10.6 Å². The highest BCUT2D eigenvalue weighted by atomic mass is 35.5. The predicted octanol–water partition coefficient (Wildman–Crippen LogP) is 6.13. The lowest BCUT2D eigenvalue weighted by molar-refractivity contribution is 0.102. The lowest BCUT2D eigenvalue weighted by atomic mass is 10.3. The summed E-state index contributed by atoms with van der Waals surface area (Å²) in [6.45, 7) is 0. The molecule has 23 heavy (non-hydrogen) atoms. The highest BCUT2D eigenvalue weighted by molar-refractivity contribution is 7.20. The molecule has 0 spiro atoms. The van der Waals surface area contributed by atoms with Crippen LogP contribution in [0.5, 0.6) is 0 Å². The molecule has 0 aromatic carbocycles.